The minimum absolute atomic E-state index is 0.136. The van der Waals surface area contributed by atoms with Crippen LogP contribution in [0.25, 0.3) is 0 Å². The third kappa shape index (κ3) is 2.76. The molecule has 0 bridgehead atoms. The molecule has 2 amide bonds. The van der Waals surface area contributed by atoms with Crippen LogP contribution < -0.4 is 4.90 Å². The summed E-state index contributed by atoms with van der Waals surface area (Å²) >= 11 is 0. The highest BCUT2D eigenvalue weighted by atomic mass is 19.1. The lowest BCUT2D eigenvalue weighted by Gasteiger charge is -2.35. The molecule has 0 aromatic heterocycles. The number of ketones is 1. The average molecular weight is 419 g/mol. The van der Waals surface area contributed by atoms with Crippen molar-refractivity contribution in [3.8, 4) is 0 Å². The van der Waals surface area contributed by atoms with Crippen molar-refractivity contribution in [3.63, 3.8) is 0 Å². The smallest absolute Gasteiger partial charge is 0.240 e. The van der Waals surface area contributed by atoms with Crippen LogP contribution >= 0.6 is 0 Å². The van der Waals surface area contributed by atoms with Gasteiger partial charge in [0.15, 0.2) is 5.78 Å². The van der Waals surface area contributed by atoms with Crippen LogP contribution in [0.4, 0.5) is 10.1 Å². The Hall–Kier alpha value is -3.35. The van der Waals surface area contributed by atoms with E-state index in [9.17, 15) is 18.8 Å². The molecule has 3 aliphatic heterocycles. The number of rotatable bonds is 2. The lowest BCUT2D eigenvalue weighted by atomic mass is 9.79. The summed E-state index contributed by atoms with van der Waals surface area (Å²) in [5, 5.41) is 6.18. The van der Waals surface area contributed by atoms with Crippen molar-refractivity contribution in [1.82, 2.24) is 5.01 Å². The second kappa shape index (κ2) is 6.57. The van der Waals surface area contributed by atoms with Crippen molar-refractivity contribution in [3.05, 3.63) is 65.5 Å². The normalized spacial score (nSPS) is 26.7. The third-order valence-corrected chi connectivity index (χ3v) is 6.39. The molecule has 2 saturated heterocycles. The van der Waals surface area contributed by atoms with Crippen LogP contribution in [-0.4, -0.2) is 34.9 Å². The van der Waals surface area contributed by atoms with E-state index >= 15 is 0 Å². The van der Waals surface area contributed by atoms with Crippen molar-refractivity contribution in [2.75, 3.05) is 4.90 Å². The molecule has 3 aliphatic rings. The number of hydrogen-bond donors (Lipinski definition) is 0. The first kappa shape index (κ1) is 19.6. The molecule has 5 rings (SSSR count). The fourth-order valence-corrected chi connectivity index (χ4v) is 4.96. The minimum atomic E-state index is -0.849. The van der Waals surface area contributed by atoms with Gasteiger partial charge in [-0.05, 0) is 35.4 Å². The Morgan fingerprint density at radius 2 is 1.61 bits per heavy atom. The second-order valence-corrected chi connectivity index (χ2v) is 9.30. The van der Waals surface area contributed by atoms with Crippen molar-refractivity contribution >= 4 is 29.5 Å². The molecule has 0 radical (unpaired) electrons. The van der Waals surface area contributed by atoms with Crippen LogP contribution in [0.1, 0.15) is 37.9 Å². The lowest BCUT2D eigenvalue weighted by Crippen LogP contribution is -2.48. The number of fused-ring (bicyclic) bond motifs is 5. The van der Waals surface area contributed by atoms with Gasteiger partial charge in [0.2, 0.25) is 11.8 Å². The summed E-state index contributed by atoms with van der Waals surface area (Å²) in [7, 11) is 0. The molecule has 7 heteroatoms. The standard InChI is InChI=1S/C24H22FN3O3/c1-24(2,3)21(29)20-18-17(19-16-7-5-4-6-13(16)12-26-28(19)20)22(30)27(23(18)31)15-10-8-14(25)9-11-15/h4-12,17-20H,1-3H3/t17-,18+,19+,20-/m1/s1. The average Bonchev–Trinajstić information content (AvgIpc) is 3.20. The third-order valence-electron chi connectivity index (χ3n) is 6.39. The topological polar surface area (TPSA) is 70.0 Å². The monoisotopic (exact) mass is 419 g/mol. The Kier molecular flexibility index (Phi) is 4.16. The Morgan fingerprint density at radius 3 is 2.29 bits per heavy atom. The first-order valence-corrected chi connectivity index (χ1v) is 10.3. The number of hydrazone groups is 1. The first-order chi connectivity index (χ1) is 14.7. The summed E-state index contributed by atoms with van der Waals surface area (Å²) in [6.45, 7) is 5.41. The Balaban J connectivity index is 1.66. The summed E-state index contributed by atoms with van der Waals surface area (Å²) in [6, 6.07) is 11.5. The van der Waals surface area contributed by atoms with Crippen LogP contribution in [-0.2, 0) is 14.4 Å². The maximum atomic E-state index is 13.6. The molecule has 2 aromatic carbocycles. The van der Waals surface area contributed by atoms with E-state index in [1.165, 1.54) is 24.3 Å². The molecule has 0 saturated carbocycles. The molecular formula is C24H22FN3O3. The van der Waals surface area contributed by atoms with Gasteiger partial charge < -0.3 is 0 Å². The number of amides is 2. The van der Waals surface area contributed by atoms with Gasteiger partial charge in [-0.2, -0.15) is 5.10 Å². The zero-order chi connectivity index (χ0) is 22.1. The fraction of sp³-hybridized carbons (Fsp3) is 0.333. The molecule has 0 unspecified atom stereocenters. The SMILES string of the molecule is CC(C)(C)C(=O)[C@H]1[C@H]2C(=O)N(c3ccc(F)cc3)C(=O)[C@H]2[C@@H]2c3ccccc3C=NN12. The number of carbonyl (C=O) groups is 3. The maximum Gasteiger partial charge on any atom is 0.240 e. The van der Waals surface area contributed by atoms with E-state index in [1.807, 2.05) is 24.3 Å². The second-order valence-electron chi connectivity index (χ2n) is 9.30. The quantitative estimate of drug-likeness (QED) is 0.701. The highest BCUT2D eigenvalue weighted by Crippen LogP contribution is 2.53. The summed E-state index contributed by atoms with van der Waals surface area (Å²) in [4.78, 5) is 41.7. The first-order valence-electron chi connectivity index (χ1n) is 10.3. The van der Waals surface area contributed by atoms with Gasteiger partial charge in [0.05, 0.1) is 29.8 Å². The molecule has 2 aromatic rings. The summed E-state index contributed by atoms with van der Waals surface area (Å²) in [5.41, 5.74) is 1.33. The van der Waals surface area contributed by atoms with Crippen molar-refractivity contribution in [2.24, 2.45) is 22.4 Å². The Bertz CT molecular complexity index is 1140. The number of imide groups is 1. The molecular weight excluding hydrogens is 397 g/mol. The number of Topliss-reactive ketones (excluding diaryl/α,β-unsaturated/α-hetero) is 1. The number of anilines is 1. The van der Waals surface area contributed by atoms with Crippen LogP contribution in [0.5, 0.6) is 0 Å². The molecule has 6 nitrogen and oxygen atoms in total. The van der Waals surface area contributed by atoms with Gasteiger partial charge in [-0.15, -0.1) is 0 Å². The number of benzene rings is 2. The van der Waals surface area contributed by atoms with Crippen LogP contribution in [0.2, 0.25) is 0 Å². The Morgan fingerprint density at radius 1 is 0.968 bits per heavy atom. The van der Waals surface area contributed by atoms with Crippen LogP contribution in [0.15, 0.2) is 53.6 Å². The van der Waals surface area contributed by atoms with Gasteiger partial charge in [0.1, 0.15) is 11.9 Å². The zero-order valence-electron chi connectivity index (χ0n) is 17.4. The lowest BCUT2D eigenvalue weighted by molar-refractivity contribution is -0.136. The molecule has 0 N–H and O–H groups in total. The largest absolute Gasteiger partial charge is 0.297 e. The van der Waals surface area contributed by atoms with E-state index in [4.69, 9.17) is 0 Å². The number of carbonyl (C=O) groups excluding carboxylic acids is 3. The number of hydrogen-bond acceptors (Lipinski definition) is 5. The maximum absolute atomic E-state index is 13.6. The molecule has 3 heterocycles. The highest BCUT2D eigenvalue weighted by molar-refractivity contribution is 6.24. The van der Waals surface area contributed by atoms with Gasteiger partial charge in [-0.25, -0.2) is 9.29 Å². The summed E-state index contributed by atoms with van der Waals surface area (Å²) in [6.07, 6.45) is 1.68. The molecule has 0 aliphatic carbocycles. The van der Waals surface area contributed by atoms with Gasteiger partial charge in [0, 0.05) is 5.41 Å². The van der Waals surface area contributed by atoms with Gasteiger partial charge in [-0.1, -0.05) is 45.0 Å². The van der Waals surface area contributed by atoms with Gasteiger partial charge in [0.25, 0.3) is 0 Å². The minimum Gasteiger partial charge on any atom is -0.297 e. The van der Waals surface area contributed by atoms with E-state index < -0.39 is 41.1 Å². The zero-order valence-corrected chi connectivity index (χ0v) is 17.4. The predicted molar refractivity (Wildman–Crippen MR) is 113 cm³/mol. The molecule has 4 atom stereocenters. The van der Waals surface area contributed by atoms with E-state index in [-0.39, 0.29) is 11.7 Å². The van der Waals surface area contributed by atoms with Gasteiger partial charge in [-0.3, -0.25) is 19.4 Å². The van der Waals surface area contributed by atoms with E-state index in [0.29, 0.717) is 5.69 Å². The number of halogens is 1. The van der Waals surface area contributed by atoms with E-state index in [0.717, 1.165) is 16.0 Å². The molecule has 158 valence electrons. The Labute approximate surface area is 179 Å². The van der Waals surface area contributed by atoms with E-state index in [1.54, 1.807) is 32.0 Å². The highest BCUT2D eigenvalue weighted by Gasteiger charge is 2.66. The molecule has 0 spiro atoms. The van der Waals surface area contributed by atoms with E-state index in [2.05, 4.69) is 5.10 Å². The summed E-state index contributed by atoms with van der Waals surface area (Å²) < 4.78 is 13.4. The number of nitrogens with zero attached hydrogens (tertiary/aromatic N) is 3. The van der Waals surface area contributed by atoms with Crippen molar-refractivity contribution in [1.29, 1.82) is 0 Å². The van der Waals surface area contributed by atoms with Crippen LogP contribution in [0, 0.1) is 23.1 Å². The molecule has 31 heavy (non-hydrogen) atoms. The van der Waals surface area contributed by atoms with Crippen molar-refractivity contribution in [2.45, 2.75) is 32.9 Å². The predicted octanol–water partition coefficient (Wildman–Crippen LogP) is 3.32. The van der Waals surface area contributed by atoms with Crippen LogP contribution in [0.3, 0.4) is 0 Å². The van der Waals surface area contributed by atoms with Gasteiger partial charge >= 0.3 is 0 Å². The molecule has 2 fully saturated rings. The van der Waals surface area contributed by atoms with Crippen molar-refractivity contribution < 1.29 is 18.8 Å². The fourth-order valence-electron chi connectivity index (χ4n) is 4.96. The summed E-state index contributed by atoms with van der Waals surface area (Å²) in [5.74, 6) is -3.00.